The normalized spacial score (nSPS) is 10.5. The van der Waals surface area contributed by atoms with E-state index in [1.165, 1.54) is 13.0 Å². The first kappa shape index (κ1) is 22.4. The van der Waals surface area contributed by atoms with Gasteiger partial charge in [-0.3, -0.25) is 14.4 Å². The summed E-state index contributed by atoms with van der Waals surface area (Å²) >= 11 is 3.44. The second kappa shape index (κ2) is 9.71. The number of Topliss-reactive ketones (excluding diaryl/α,β-unsaturated/α-hetero) is 1. The lowest BCUT2D eigenvalue weighted by atomic mass is 9.99. The van der Waals surface area contributed by atoms with Gasteiger partial charge in [-0.05, 0) is 73.1 Å². The lowest BCUT2D eigenvalue weighted by Crippen LogP contribution is -2.14. The van der Waals surface area contributed by atoms with Gasteiger partial charge in [0.15, 0.2) is 11.6 Å². The van der Waals surface area contributed by atoms with E-state index in [1.807, 2.05) is 26.0 Å². The van der Waals surface area contributed by atoms with Crippen molar-refractivity contribution in [2.45, 2.75) is 20.8 Å². The van der Waals surface area contributed by atoms with Crippen LogP contribution >= 0.6 is 15.9 Å². The van der Waals surface area contributed by atoms with Crippen LogP contribution in [0.1, 0.15) is 56.0 Å². The van der Waals surface area contributed by atoms with Crippen molar-refractivity contribution < 1.29 is 19.1 Å². The van der Waals surface area contributed by atoms with E-state index in [2.05, 4.69) is 21.2 Å². The molecule has 3 rings (SSSR count). The van der Waals surface area contributed by atoms with Crippen molar-refractivity contribution in [1.29, 1.82) is 0 Å². The van der Waals surface area contributed by atoms with E-state index in [9.17, 15) is 14.4 Å². The Kier molecular flexibility index (Phi) is 7.02. The summed E-state index contributed by atoms with van der Waals surface area (Å²) in [6.45, 7) is 5.64. The molecule has 0 radical (unpaired) electrons. The zero-order chi connectivity index (χ0) is 22.5. The summed E-state index contributed by atoms with van der Waals surface area (Å²) in [4.78, 5) is 37.5. The molecule has 0 spiro atoms. The maximum absolute atomic E-state index is 13.2. The molecule has 31 heavy (non-hydrogen) atoms. The summed E-state index contributed by atoms with van der Waals surface area (Å²) in [7, 11) is 0. The standard InChI is InChI=1S/C25H22BrNO4/c1-4-31-24-21(23(29)18-7-5-15(2)6-8-18)13-19(14-22(24)26)25(30)27-20-11-9-17(10-12-20)16(3)28/h5-14H,4H2,1-3H3,(H,27,30). The molecule has 3 aromatic carbocycles. The molecule has 0 aliphatic heterocycles. The van der Waals surface area contributed by atoms with Crippen LogP contribution in [0.5, 0.6) is 5.75 Å². The summed E-state index contributed by atoms with van der Waals surface area (Å²) in [5.41, 5.74) is 3.28. The number of rotatable bonds is 7. The molecule has 0 fully saturated rings. The molecule has 6 heteroatoms. The zero-order valence-corrected chi connectivity index (χ0v) is 19.1. The Labute approximate surface area is 189 Å². The Hall–Kier alpha value is -3.25. The number of hydrogen-bond donors (Lipinski definition) is 1. The molecule has 1 N–H and O–H groups in total. The van der Waals surface area contributed by atoms with E-state index in [-0.39, 0.29) is 17.5 Å². The summed E-state index contributed by atoms with van der Waals surface area (Å²) < 4.78 is 6.21. The largest absolute Gasteiger partial charge is 0.492 e. The van der Waals surface area contributed by atoms with Crippen LogP contribution < -0.4 is 10.1 Å². The summed E-state index contributed by atoms with van der Waals surface area (Å²) in [5.74, 6) is -0.259. The maximum atomic E-state index is 13.2. The molecule has 0 aromatic heterocycles. The van der Waals surface area contributed by atoms with Crippen molar-refractivity contribution in [2.24, 2.45) is 0 Å². The van der Waals surface area contributed by atoms with Crippen molar-refractivity contribution in [3.63, 3.8) is 0 Å². The van der Waals surface area contributed by atoms with Crippen molar-refractivity contribution in [3.05, 3.63) is 93.0 Å². The number of anilines is 1. The molecule has 0 aliphatic carbocycles. The number of benzene rings is 3. The van der Waals surface area contributed by atoms with Gasteiger partial charge in [-0.1, -0.05) is 29.8 Å². The van der Waals surface area contributed by atoms with Crippen LogP contribution in [0.25, 0.3) is 0 Å². The Morgan fingerprint density at radius 2 is 1.52 bits per heavy atom. The molecule has 0 saturated heterocycles. The predicted octanol–water partition coefficient (Wildman–Crippen LogP) is 5.84. The Morgan fingerprint density at radius 1 is 0.903 bits per heavy atom. The number of amides is 1. The topological polar surface area (TPSA) is 72.5 Å². The predicted molar refractivity (Wildman–Crippen MR) is 124 cm³/mol. The number of hydrogen-bond acceptors (Lipinski definition) is 4. The van der Waals surface area contributed by atoms with Gasteiger partial charge in [-0.25, -0.2) is 0 Å². The molecule has 0 heterocycles. The van der Waals surface area contributed by atoms with Gasteiger partial charge in [-0.2, -0.15) is 0 Å². The van der Waals surface area contributed by atoms with Gasteiger partial charge in [0.1, 0.15) is 5.75 Å². The number of carbonyl (C=O) groups is 3. The lowest BCUT2D eigenvalue weighted by Gasteiger charge is -2.14. The Bertz CT molecular complexity index is 1140. The number of ketones is 2. The monoisotopic (exact) mass is 479 g/mol. The first-order valence-electron chi connectivity index (χ1n) is 9.80. The van der Waals surface area contributed by atoms with Crippen molar-refractivity contribution in [2.75, 3.05) is 11.9 Å². The van der Waals surface area contributed by atoms with E-state index >= 15 is 0 Å². The molecule has 0 atom stereocenters. The van der Waals surface area contributed by atoms with Gasteiger partial charge >= 0.3 is 0 Å². The number of nitrogens with one attached hydrogen (secondary N) is 1. The van der Waals surface area contributed by atoms with Crippen LogP contribution in [0, 0.1) is 6.92 Å². The van der Waals surface area contributed by atoms with Crippen molar-refractivity contribution in [3.8, 4) is 5.75 Å². The van der Waals surface area contributed by atoms with Crippen LogP contribution in [-0.2, 0) is 0 Å². The summed E-state index contributed by atoms with van der Waals surface area (Å²) in [6, 6.07) is 17.0. The lowest BCUT2D eigenvalue weighted by molar-refractivity contribution is 0.101. The Morgan fingerprint density at radius 3 is 2.10 bits per heavy atom. The molecule has 0 aliphatic rings. The molecule has 0 unspecified atom stereocenters. The number of carbonyl (C=O) groups excluding carboxylic acids is 3. The van der Waals surface area contributed by atoms with E-state index in [4.69, 9.17) is 4.74 Å². The molecule has 0 bridgehead atoms. The fourth-order valence-electron chi connectivity index (χ4n) is 3.04. The van der Waals surface area contributed by atoms with Gasteiger partial charge in [0.05, 0.1) is 16.6 Å². The van der Waals surface area contributed by atoms with Gasteiger partial charge in [0, 0.05) is 22.4 Å². The molecule has 158 valence electrons. The van der Waals surface area contributed by atoms with E-state index in [0.717, 1.165) is 5.56 Å². The highest BCUT2D eigenvalue weighted by Crippen LogP contribution is 2.33. The zero-order valence-electron chi connectivity index (χ0n) is 17.5. The minimum absolute atomic E-state index is 0.0485. The van der Waals surface area contributed by atoms with Crippen LogP contribution in [0.2, 0.25) is 0 Å². The van der Waals surface area contributed by atoms with Gasteiger partial charge in [0.2, 0.25) is 0 Å². The first-order chi connectivity index (χ1) is 14.8. The van der Waals surface area contributed by atoms with Crippen molar-refractivity contribution in [1.82, 2.24) is 0 Å². The fourth-order valence-corrected chi connectivity index (χ4v) is 3.61. The van der Waals surface area contributed by atoms with Crippen LogP contribution in [0.4, 0.5) is 5.69 Å². The third-order valence-electron chi connectivity index (χ3n) is 4.70. The number of aryl methyl sites for hydroxylation is 1. The average Bonchev–Trinajstić information content (AvgIpc) is 2.75. The SMILES string of the molecule is CCOc1c(Br)cc(C(=O)Nc2ccc(C(C)=O)cc2)cc1C(=O)c1ccc(C)cc1. The average molecular weight is 480 g/mol. The van der Waals surface area contributed by atoms with Gasteiger partial charge in [0.25, 0.3) is 5.91 Å². The minimum atomic E-state index is -0.378. The second-order valence-corrected chi connectivity index (χ2v) is 7.90. The van der Waals surface area contributed by atoms with E-state index in [1.54, 1.807) is 42.5 Å². The minimum Gasteiger partial charge on any atom is -0.492 e. The van der Waals surface area contributed by atoms with Crippen LogP contribution in [-0.4, -0.2) is 24.1 Å². The van der Waals surface area contributed by atoms with Gasteiger partial charge < -0.3 is 10.1 Å². The third-order valence-corrected chi connectivity index (χ3v) is 5.29. The third kappa shape index (κ3) is 5.27. The van der Waals surface area contributed by atoms with Crippen LogP contribution in [0.3, 0.4) is 0 Å². The van der Waals surface area contributed by atoms with E-state index < -0.39 is 0 Å². The highest BCUT2D eigenvalue weighted by molar-refractivity contribution is 9.10. The van der Waals surface area contributed by atoms with Crippen molar-refractivity contribution >= 4 is 39.1 Å². The molecule has 5 nitrogen and oxygen atoms in total. The highest BCUT2D eigenvalue weighted by atomic mass is 79.9. The molecular formula is C25H22BrNO4. The van der Waals surface area contributed by atoms with E-state index in [0.29, 0.717) is 44.8 Å². The highest BCUT2D eigenvalue weighted by Gasteiger charge is 2.21. The van der Waals surface area contributed by atoms with Crippen LogP contribution in [0.15, 0.2) is 65.1 Å². The molecule has 3 aromatic rings. The number of ether oxygens (including phenoxy) is 1. The molecule has 0 saturated carbocycles. The van der Waals surface area contributed by atoms with Gasteiger partial charge in [-0.15, -0.1) is 0 Å². The molecular weight excluding hydrogens is 458 g/mol. The fraction of sp³-hybridized carbons (Fsp3) is 0.160. The summed E-state index contributed by atoms with van der Waals surface area (Å²) in [5, 5.41) is 2.79. The number of halogens is 1. The molecule has 1 amide bonds. The maximum Gasteiger partial charge on any atom is 0.255 e. The second-order valence-electron chi connectivity index (χ2n) is 7.05. The quantitative estimate of drug-likeness (QED) is 0.431. The summed E-state index contributed by atoms with van der Waals surface area (Å²) in [6.07, 6.45) is 0. The smallest absolute Gasteiger partial charge is 0.255 e. The first-order valence-corrected chi connectivity index (χ1v) is 10.6. The Balaban J connectivity index is 1.95.